The minimum atomic E-state index is -4.03. The molecule has 1 fully saturated rings. The van der Waals surface area contributed by atoms with E-state index >= 15 is 0 Å². The van der Waals surface area contributed by atoms with Gasteiger partial charge in [-0.15, -0.1) is 0 Å². The summed E-state index contributed by atoms with van der Waals surface area (Å²) in [5.74, 6) is -0.892. The molecule has 0 aromatic heterocycles. The van der Waals surface area contributed by atoms with Crippen LogP contribution in [0.4, 0.5) is 10.1 Å². The zero-order valence-corrected chi connectivity index (χ0v) is 12.9. The Kier molecular flexibility index (Phi) is 4.78. The molecule has 9 heteroatoms. The van der Waals surface area contributed by atoms with E-state index in [1.54, 1.807) is 0 Å². The Bertz CT molecular complexity index is 693. The van der Waals surface area contributed by atoms with Gasteiger partial charge in [0.1, 0.15) is 5.82 Å². The predicted octanol–water partition coefficient (Wildman–Crippen LogP) is 1.45. The molecule has 0 amide bonds. The van der Waals surface area contributed by atoms with E-state index in [4.69, 9.17) is 5.73 Å². The monoisotopic (exact) mass is 331 g/mol. The van der Waals surface area contributed by atoms with Gasteiger partial charge in [-0.3, -0.25) is 10.1 Å². The Balaban J connectivity index is 2.35. The number of hydrogen-bond donors (Lipinski definition) is 2. The zero-order valence-electron chi connectivity index (χ0n) is 12.1. The van der Waals surface area contributed by atoms with Gasteiger partial charge in [0.2, 0.25) is 10.0 Å². The van der Waals surface area contributed by atoms with Crippen molar-refractivity contribution in [3.05, 3.63) is 33.6 Å². The van der Waals surface area contributed by atoms with E-state index in [1.165, 1.54) is 6.92 Å². The molecule has 0 bridgehead atoms. The van der Waals surface area contributed by atoms with Gasteiger partial charge >= 0.3 is 0 Å². The molecule has 1 aromatic rings. The van der Waals surface area contributed by atoms with Crippen molar-refractivity contribution in [1.29, 1.82) is 0 Å². The van der Waals surface area contributed by atoms with Crippen LogP contribution < -0.4 is 10.5 Å². The van der Waals surface area contributed by atoms with Crippen LogP contribution in [-0.4, -0.2) is 25.9 Å². The van der Waals surface area contributed by atoms with Crippen molar-refractivity contribution in [1.82, 2.24) is 4.72 Å². The van der Waals surface area contributed by atoms with Gasteiger partial charge in [0.25, 0.3) is 5.69 Å². The smallest absolute Gasteiger partial charge is 0.276 e. The van der Waals surface area contributed by atoms with Gasteiger partial charge in [-0.2, -0.15) is 0 Å². The number of nitro benzene ring substituents is 1. The van der Waals surface area contributed by atoms with E-state index in [1.807, 2.05) is 0 Å². The van der Waals surface area contributed by atoms with Gasteiger partial charge < -0.3 is 5.73 Å². The first kappa shape index (κ1) is 16.8. The Labute approximate surface area is 127 Å². The van der Waals surface area contributed by atoms with Crippen LogP contribution in [0.1, 0.15) is 24.8 Å². The third-order valence-corrected chi connectivity index (χ3v) is 5.54. The summed E-state index contributed by atoms with van der Waals surface area (Å²) >= 11 is 0. The summed E-state index contributed by atoms with van der Waals surface area (Å²) in [5.41, 5.74) is 4.86. The van der Waals surface area contributed by atoms with E-state index in [0.717, 1.165) is 25.0 Å². The number of hydrogen-bond acceptors (Lipinski definition) is 5. The molecule has 2 unspecified atom stereocenters. The lowest BCUT2D eigenvalue weighted by molar-refractivity contribution is -0.385. The highest BCUT2D eigenvalue weighted by molar-refractivity contribution is 7.89. The van der Waals surface area contributed by atoms with Gasteiger partial charge in [-0.25, -0.2) is 17.5 Å². The van der Waals surface area contributed by atoms with Crippen molar-refractivity contribution < 1.29 is 17.7 Å². The summed E-state index contributed by atoms with van der Waals surface area (Å²) in [6.07, 6.45) is 2.33. The Morgan fingerprint density at radius 1 is 1.45 bits per heavy atom. The van der Waals surface area contributed by atoms with Crippen LogP contribution in [0.5, 0.6) is 0 Å². The molecule has 3 N–H and O–H groups in total. The molecule has 7 nitrogen and oxygen atoms in total. The Morgan fingerprint density at radius 3 is 2.73 bits per heavy atom. The Morgan fingerprint density at radius 2 is 2.14 bits per heavy atom. The van der Waals surface area contributed by atoms with Crippen molar-refractivity contribution in [2.75, 3.05) is 6.54 Å². The lowest BCUT2D eigenvalue weighted by Crippen LogP contribution is -2.39. The molecular formula is C13H18FN3O4S. The second kappa shape index (κ2) is 6.27. The molecule has 22 heavy (non-hydrogen) atoms. The van der Waals surface area contributed by atoms with E-state index in [9.17, 15) is 22.9 Å². The summed E-state index contributed by atoms with van der Waals surface area (Å²) in [5, 5.41) is 10.9. The molecule has 1 aliphatic rings. The molecule has 1 saturated carbocycles. The minimum Gasteiger partial charge on any atom is -0.330 e. The normalized spacial score (nSPS) is 22.0. The average Bonchev–Trinajstić information content (AvgIpc) is 2.87. The number of halogens is 1. The number of nitrogens with one attached hydrogen (secondary N) is 1. The van der Waals surface area contributed by atoms with Crippen molar-refractivity contribution in [3.63, 3.8) is 0 Å². The van der Waals surface area contributed by atoms with Crippen molar-refractivity contribution in [3.8, 4) is 0 Å². The topological polar surface area (TPSA) is 115 Å². The standard InChI is InChI=1S/C13H18FN3O4S/c1-8-11(14)5-10(6-13(8)17(18)19)22(20,21)16-12-4-2-3-9(12)7-15/h5-6,9,12,16H,2-4,7,15H2,1H3. The average molecular weight is 331 g/mol. The van der Waals surface area contributed by atoms with Gasteiger partial charge in [-0.1, -0.05) is 6.42 Å². The molecule has 122 valence electrons. The molecule has 2 rings (SSSR count). The number of rotatable bonds is 5. The lowest BCUT2D eigenvalue weighted by Gasteiger charge is -2.19. The van der Waals surface area contributed by atoms with Crippen LogP contribution in [0.2, 0.25) is 0 Å². The fraction of sp³-hybridized carbons (Fsp3) is 0.538. The third-order valence-electron chi connectivity index (χ3n) is 4.07. The fourth-order valence-corrected chi connectivity index (χ4v) is 4.10. The summed E-state index contributed by atoms with van der Waals surface area (Å²) in [7, 11) is -4.03. The van der Waals surface area contributed by atoms with E-state index < -0.39 is 31.3 Å². The first-order valence-electron chi connectivity index (χ1n) is 6.93. The number of benzene rings is 1. The summed E-state index contributed by atoms with van der Waals surface area (Å²) < 4.78 is 41.0. The number of sulfonamides is 1. The molecule has 0 saturated heterocycles. The molecule has 1 aromatic carbocycles. The maximum atomic E-state index is 13.8. The molecular weight excluding hydrogens is 313 g/mol. The largest absolute Gasteiger partial charge is 0.330 e. The quantitative estimate of drug-likeness (QED) is 0.626. The minimum absolute atomic E-state index is 0.0278. The van der Waals surface area contributed by atoms with Crippen LogP contribution in [0.3, 0.4) is 0 Å². The highest BCUT2D eigenvalue weighted by atomic mass is 32.2. The van der Waals surface area contributed by atoms with Crippen LogP contribution >= 0.6 is 0 Å². The van der Waals surface area contributed by atoms with Crippen LogP contribution in [-0.2, 0) is 10.0 Å². The second-order valence-corrected chi connectivity index (χ2v) is 7.17. The molecule has 0 spiro atoms. The fourth-order valence-electron chi connectivity index (χ4n) is 2.73. The molecule has 0 heterocycles. The molecule has 0 aliphatic heterocycles. The van der Waals surface area contributed by atoms with E-state index in [2.05, 4.69) is 4.72 Å². The van der Waals surface area contributed by atoms with Crippen molar-refractivity contribution >= 4 is 15.7 Å². The SMILES string of the molecule is Cc1c(F)cc(S(=O)(=O)NC2CCCC2CN)cc1[N+](=O)[O-]. The molecule has 1 aliphatic carbocycles. The lowest BCUT2D eigenvalue weighted by atomic mass is 10.1. The summed E-state index contributed by atoms with van der Waals surface area (Å²) in [6.45, 7) is 1.59. The molecule has 0 radical (unpaired) electrons. The molecule has 2 atom stereocenters. The zero-order chi connectivity index (χ0) is 16.5. The summed E-state index contributed by atoms with van der Waals surface area (Å²) in [6, 6.07) is 1.36. The maximum Gasteiger partial charge on any atom is 0.276 e. The first-order chi connectivity index (χ1) is 10.3. The number of nitro groups is 1. The highest BCUT2D eigenvalue weighted by Crippen LogP contribution is 2.28. The summed E-state index contributed by atoms with van der Waals surface area (Å²) in [4.78, 5) is 9.67. The first-order valence-corrected chi connectivity index (χ1v) is 8.41. The van der Waals surface area contributed by atoms with Crippen molar-refractivity contribution in [2.45, 2.75) is 37.1 Å². The van der Waals surface area contributed by atoms with Gasteiger partial charge in [0.15, 0.2) is 0 Å². The maximum absolute atomic E-state index is 13.8. The van der Waals surface area contributed by atoms with E-state index in [0.29, 0.717) is 13.0 Å². The van der Waals surface area contributed by atoms with Gasteiger partial charge in [-0.05, 0) is 38.3 Å². The predicted molar refractivity (Wildman–Crippen MR) is 78.3 cm³/mol. The van der Waals surface area contributed by atoms with Gasteiger partial charge in [0.05, 0.1) is 15.4 Å². The van der Waals surface area contributed by atoms with Crippen LogP contribution in [0.25, 0.3) is 0 Å². The Hall–Kier alpha value is -1.58. The van der Waals surface area contributed by atoms with Crippen LogP contribution in [0, 0.1) is 28.8 Å². The number of nitrogens with two attached hydrogens (primary N) is 1. The van der Waals surface area contributed by atoms with E-state index in [-0.39, 0.29) is 17.5 Å². The van der Waals surface area contributed by atoms with Gasteiger partial charge in [0, 0.05) is 12.1 Å². The third kappa shape index (κ3) is 3.26. The van der Waals surface area contributed by atoms with Crippen molar-refractivity contribution in [2.24, 2.45) is 11.7 Å². The highest BCUT2D eigenvalue weighted by Gasteiger charge is 2.31. The van der Waals surface area contributed by atoms with Crippen LogP contribution in [0.15, 0.2) is 17.0 Å². The number of nitrogens with zero attached hydrogens (tertiary/aromatic N) is 1. The second-order valence-electron chi connectivity index (χ2n) is 5.46.